The molecule has 0 atom stereocenters. The molecule has 0 radical (unpaired) electrons. The molecule has 0 aliphatic heterocycles. The fraction of sp³-hybridized carbons (Fsp3) is 0.400. The highest BCUT2D eigenvalue weighted by Crippen LogP contribution is 2.20. The molecule has 0 saturated heterocycles. The fourth-order valence-corrected chi connectivity index (χ4v) is 1.36. The standard InChI is InChI=1S/C10H11BrO4/c1-2-3-6(12)4-7-5-8(13)9(11)10(14)15-7/h5,13H,2-4H2,1H3. The normalized spacial score (nSPS) is 10.3. The second-order valence-electron chi connectivity index (χ2n) is 3.16. The van der Waals surface area contributed by atoms with Crippen LogP contribution in [0.3, 0.4) is 0 Å². The molecule has 1 rings (SSSR count). The summed E-state index contributed by atoms with van der Waals surface area (Å²) >= 11 is 2.87. The quantitative estimate of drug-likeness (QED) is 0.912. The first-order valence-corrected chi connectivity index (χ1v) is 5.37. The number of ketones is 1. The zero-order valence-corrected chi connectivity index (χ0v) is 9.83. The van der Waals surface area contributed by atoms with Crippen LogP contribution in [0.25, 0.3) is 0 Å². The van der Waals surface area contributed by atoms with Crippen LogP contribution in [-0.4, -0.2) is 10.9 Å². The molecule has 5 heteroatoms. The summed E-state index contributed by atoms with van der Waals surface area (Å²) in [5, 5.41) is 9.31. The Balaban J connectivity index is 2.88. The summed E-state index contributed by atoms with van der Waals surface area (Å²) < 4.78 is 4.80. The summed E-state index contributed by atoms with van der Waals surface area (Å²) in [7, 11) is 0. The van der Waals surface area contributed by atoms with Crippen molar-refractivity contribution in [3.05, 3.63) is 26.7 Å². The van der Waals surface area contributed by atoms with E-state index in [9.17, 15) is 14.7 Å². The van der Waals surface area contributed by atoms with Crippen LogP contribution in [0, 0.1) is 0 Å². The van der Waals surface area contributed by atoms with Crippen molar-refractivity contribution in [2.45, 2.75) is 26.2 Å². The maximum atomic E-state index is 11.3. The molecule has 4 nitrogen and oxygen atoms in total. The van der Waals surface area contributed by atoms with Crippen LogP contribution in [0.4, 0.5) is 0 Å². The lowest BCUT2D eigenvalue weighted by Crippen LogP contribution is -2.07. The molecule has 1 aromatic rings. The molecular formula is C10H11BrO4. The van der Waals surface area contributed by atoms with Gasteiger partial charge in [0.25, 0.3) is 0 Å². The first kappa shape index (κ1) is 12.0. The molecule has 1 aromatic heterocycles. The highest BCUT2D eigenvalue weighted by molar-refractivity contribution is 9.10. The zero-order chi connectivity index (χ0) is 11.4. The van der Waals surface area contributed by atoms with E-state index in [1.807, 2.05) is 6.92 Å². The van der Waals surface area contributed by atoms with E-state index in [4.69, 9.17) is 4.42 Å². The summed E-state index contributed by atoms with van der Waals surface area (Å²) in [6.45, 7) is 1.90. The van der Waals surface area contributed by atoms with Crippen molar-refractivity contribution in [3.8, 4) is 5.75 Å². The predicted octanol–water partition coefficient (Wildman–Crippen LogP) is 2.02. The van der Waals surface area contributed by atoms with Crippen molar-refractivity contribution in [2.75, 3.05) is 0 Å². The zero-order valence-electron chi connectivity index (χ0n) is 8.25. The van der Waals surface area contributed by atoms with Gasteiger partial charge in [-0.15, -0.1) is 0 Å². The smallest absolute Gasteiger partial charge is 0.354 e. The van der Waals surface area contributed by atoms with Gasteiger partial charge in [-0.1, -0.05) is 6.92 Å². The molecule has 0 aliphatic carbocycles. The van der Waals surface area contributed by atoms with E-state index >= 15 is 0 Å². The van der Waals surface area contributed by atoms with Crippen molar-refractivity contribution in [2.24, 2.45) is 0 Å². The van der Waals surface area contributed by atoms with Gasteiger partial charge in [0.05, 0.1) is 6.42 Å². The van der Waals surface area contributed by atoms with Gasteiger partial charge < -0.3 is 9.52 Å². The van der Waals surface area contributed by atoms with E-state index in [2.05, 4.69) is 15.9 Å². The van der Waals surface area contributed by atoms with Gasteiger partial charge in [-0.3, -0.25) is 4.79 Å². The molecule has 15 heavy (non-hydrogen) atoms. The molecule has 82 valence electrons. The molecule has 1 N–H and O–H groups in total. The predicted molar refractivity (Wildman–Crippen MR) is 58.0 cm³/mol. The molecule has 1 heterocycles. The number of halogens is 1. The van der Waals surface area contributed by atoms with Crippen LogP contribution in [0.5, 0.6) is 5.75 Å². The number of Topliss-reactive ketones (excluding diaryl/α,β-unsaturated/α-hetero) is 1. The van der Waals surface area contributed by atoms with Crippen molar-refractivity contribution < 1.29 is 14.3 Å². The fourth-order valence-electron chi connectivity index (χ4n) is 1.16. The Kier molecular flexibility index (Phi) is 4.08. The van der Waals surface area contributed by atoms with Crippen LogP contribution < -0.4 is 5.63 Å². The summed E-state index contributed by atoms with van der Waals surface area (Å²) in [5.74, 6) is -0.0212. The van der Waals surface area contributed by atoms with E-state index < -0.39 is 5.63 Å². The minimum atomic E-state index is -0.672. The van der Waals surface area contributed by atoms with Crippen LogP contribution in [0.1, 0.15) is 25.5 Å². The molecule has 0 bridgehead atoms. The Bertz CT molecular complexity index is 422. The van der Waals surface area contributed by atoms with Crippen LogP contribution in [-0.2, 0) is 11.2 Å². The molecule has 0 spiro atoms. The molecule has 0 fully saturated rings. The number of hydrogen-bond acceptors (Lipinski definition) is 4. The van der Waals surface area contributed by atoms with Gasteiger partial charge in [0.15, 0.2) is 0 Å². The molecule has 0 aromatic carbocycles. The summed E-state index contributed by atoms with van der Waals surface area (Å²) in [4.78, 5) is 22.4. The van der Waals surface area contributed by atoms with Gasteiger partial charge in [-0.2, -0.15) is 0 Å². The monoisotopic (exact) mass is 274 g/mol. The Labute approximate surface area is 95.0 Å². The van der Waals surface area contributed by atoms with Crippen molar-refractivity contribution >= 4 is 21.7 Å². The van der Waals surface area contributed by atoms with Crippen LogP contribution in [0.15, 0.2) is 19.8 Å². The lowest BCUT2D eigenvalue weighted by molar-refractivity contribution is -0.118. The van der Waals surface area contributed by atoms with Gasteiger partial charge in [0.2, 0.25) is 0 Å². The summed E-state index contributed by atoms with van der Waals surface area (Å²) in [5.41, 5.74) is -0.672. The third-order valence-corrected chi connectivity index (χ3v) is 2.56. The maximum Gasteiger partial charge on any atom is 0.354 e. The van der Waals surface area contributed by atoms with Crippen molar-refractivity contribution in [1.82, 2.24) is 0 Å². The number of carbonyl (C=O) groups is 1. The van der Waals surface area contributed by atoms with E-state index in [-0.39, 0.29) is 28.2 Å². The molecule has 0 saturated carbocycles. The summed E-state index contributed by atoms with van der Waals surface area (Å²) in [6.07, 6.45) is 1.25. The average molecular weight is 275 g/mol. The Hall–Kier alpha value is -1.10. The average Bonchev–Trinajstić information content (AvgIpc) is 2.14. The molecular weight excluding hydrogens is 264 g/mol. The van der Waals surface area contributed by atoms with Gasteiger partial charge >= 0.3 is 5.63 Å². The van der Waals surface area contributed by atoms with Gasteiger partial charge in [-0.25, -0.2) is 4.79 Å². The minimum absolute atomic E-state index is 0.0117. The van der Waals surface area contributed by atoms with Crippen molar-refractivity contribution in [1.29, 1.82) is 0 Å². The van der Waals surface area contributed by atoms with E-state index in [0.717, 1.165) is 6.42 Å². The minimum Gasteiger partial charge on any atom is -0.506 e. The highest BCUT2D eigenvalue weighted by Gasteiger charge is 2.10. The number of aromatic hydroxyl groups is 1. The van der Waals surface area contributed by atoms with Gasteiger partial charge in [0, 0.05) is 12.5 Å². The van der Waals surface area contributed by atoms with Gasteiger partial charge in [-0.05, 0) is 22.4 Å². The first-order chi connectivity index (χ1) is 7.04. The van der Waals surface area contributed by atoms with Crippen LogP contribution >= 0.6 is 15.9 Å². The Morgan fingerprint density at radius 1 is 1.60 bits per heavy atom. The SMILES string of the molecule is CCCC(=O)Cc1cc(O)c(Br)c(=O)o1. The lowest BCUT2D eigenvalue weighted by Gasteiger charge is -2.00. The highest BCUT2D eigenvalue weighted by atomic mass is 79.9. The number of hydrogen-bond donors (Lipinski definition) is 1. The lowest BCUT2D eigenvalue weighted by atomic mass is 10.1. The van der Waals surface area contributed by atoms with Crippen LogP contribution in [0.2, 0.25) is 0 Å². The van der Waals surface area contributed by atoms with E-state index in [1.165, 1.54) is 6.07 Å². The number of rotatable bonds is 4. The Morgan fingerprint density at radius 2 is 2.27 bits per heavy atom. The second kappa shape index (κ2) is 5.11. The number of carbonyl (C=O) groups excluding carboxylic acids is 1. The third kappa shape index (κ3) is 3.20. The third-order valence-electron chi connectivity index (χ3n) is 1.83. The van der Waals surface area contributed by atoms with E-state index in [0.29, 0.717) is 6.42 Å². The molecule has 0 amide bonds. The maximum absolute atomic E-state index is 11.3. The van der Waals surface area contributed by atoms with E-state index in [1.54, 1.807) is 0 Å². The molecule has 0 aliphatic rings. The summed E-state index contributed by atoms with van der Waals surface area (Å²) in [6, 6.07) is 1.28. The first-order valence-electron chi connectivity index (χ1n) is 4.57. The van der Waals surface area contributed by atoms with Crippen molar-refractivity contribution in [3.63, 3.8) is 0 Å². The van der Waals surface area contributed by atoms with Gasteiger partial charge in [0.1, 0.15) is 21.8 Å². The largest absolute Gasteiger partial charge is 0.506 e. The topological polar surface area (TPSA) is 67.5 Å². The second-order valence-corrected chi connectivity index (χ2v) is 3.96. The molecule has 0 unspecified atom stereocenters. The Morgan fingerprint density at radius 3 is 2.80 bits per heavy atom.